The van der Waals surface area contributed by atoms with Gasteiger partial charge in [0.25, 0.3) is 0 Å². The van der Waals surface area contributed by atoms with Gasteiger partial charge in [0, 0.05) is 13.0 Å². The first-order valence-electron chi connectivity index (χ1n) is 8.29. The molecule has 0 spiro atoms. The summed E-state index contributed by atoms with van der Waals surface area (Å²) in [4.78, 5) is 11.4. The van der Waals surface area contributed by atoms with Gasteiger partial charge in [-0.3, -0.25) is 4.79 Å². The standard InChI is InChI=1S/C17H35NO/c1-15(2)12-10-8-6-5-7-9-11-13-18-17(19)14-16(3)4/h15-16H,5-14H2,1-4H3,(H,18,19). The van der Waals surface area contributed by atoms with Crippen molar-refractivity contribution in [3.05, 3.63) is 0 Å². The molecule has 114 valence electrons. The molecule has 0 unspecified atom stereocenters. The average Bonchev–Trinajstić information content (AvgIpc) is 2.30. The summed E-state index contributed by atoms with van der Waals surface area (Å²) in [6.07, 6.45) is 11.3. The van der Waals surface area contributed by atoms with Crippen LogP contribution in [0, 0.1) is 11.8 Å². The maximum atomic E-state index is 11.4. The van der Waals surface area contributed by atoms with Crippen molar-refractivity contribution in [3.8, 4) is 0 Å². The molecule has 0 atom stereocenters. The lowest BCUT2D eigenvalue weighted by Gasteiger charge is -2.07. The van der Waals surface area contributed by atoms with Crippen molar-refractivity contribution in [1.82, 2.24) is 5.32 Å². The highest BCUT2D eigenvalue weighted by Crippen LogP contribution is 2.11. The Balaban J connectivity index is 3.13. The molecule has 0 aromatic rings. The predicted molar refractivity (Wildman–Crippen MR) is 84.2 cm³/mol. The quantitative estimate of drug-likeness (QED) is 0.500. The highest BCUT2D eigenvalue weighted by atomic mass is 16.1. The van der Waals surface area contributed by atoms with Crippen LogP contribution < -0.4 is 5.32 Å². The van der Waals surface area contributed by atoms with Gasteiger partial charge in [-0.15, -0.1) is 0 Å². The zero-order valence-corrected chi connectivity index (χ0v) is 13.6. The molecule has 1 N–H and O–H groups in total. The third-order valence-electron chi connectivity index (χ3n) is 3.37. The Morgan fingerprint density at radius 1 is 0.789 bits per heavy atom. The summed E-state index contributed by atoms with van der Waals surface area (Å²) in [5.74, 6) is 1.53. The predicted octanol–water partition coefficient (Wildman–Crippen LogP) is 4.93. The van der Waals surface area contributed by atoms with Crippen LogP contribution in [0.5, 0.6) is 0 Å². The maximum absolute atomic E-state index is 11.4. The van der Waals surface area contributed by atoms with Crippen LogP contribution in [0.25, 0.3) is 0 Å². The lowest BCUT2D eigenvalue weighted by Crippen LogP contribution is -2.25. The molecule has 0 aliphatic carbocycles. The van der Waals surface area contributed by atoms with Gasteiger partial charge in [-0.2, -0.15) is 0 Å². The summed E-state index contributed by atoms with van der Waals surface area (Å²) < 4.78 is 0. The lowest BCUT2D eigenvalue weighted by atomic mass is 10.0. The van der Waals surface area contributed by atoms with Gasteiger partial charge < -0.3 is 5.32 Å². The van der Waals surface area contributed by atoms with Crippen LogP contribution in [0.1, 0.15) is 85.5 Å². The third kappa shape index (κ3) is 15.4. The molecule has 0 bridgehead atoms. The zero-order chi connectivity index (χ0) is 14.5. The Morgan fingerprint density at radius 2 is 1.32 bits per heavy atom. The Bertz CT molecular complexity index is 211. The summed E-state index contributed by atoms with van der Waals surface area (Å²) in [5.41, 5.74) is 0. The molecule has 0 heterocycles. The SMILES string of the molecule is CC(C)CCCCCCCCCNC(=O)CC(C)C. The maximum Gasteiger partial charge on any atom is 0.220 e. The summed E-state index contributed by atoms with van der Waals surface area (Å²) in [5, 5.41) is 3.00. The van der Waals surface area contributed by atoms with Gasteiger partial charge in [0.2, 0.25) is 5.91 Å². The molecule has 0 aromatic carbocycles. The minimum absolute atomic E-state index is 0.212. The monoisotopic (exact) mass is 269 g/mol. The molecule has 0 aliphatic heterocycles. The minimum Gasteiger partial charge on any atom is -0.356 e. The zero-order valence-electron chi connectivity index (χ0n) is 13.6. The van der Waals surface area contributed by atoms with Crippen LogP contribution in [0.15, 0.2) is 0 Å². The lowest BCUT2D eigenvalue weighted by molar-refractivity contribution is -0.121. The number of rotatable bonds is 12. The van der Waals surface area contributed by atoms with Crippen LogP contribution >= 0.6 is 0 Å². The Morgan fingerprint density at radius 3 is 1.84 bits per heavy atom. The van der Waals surface area contributed by atoms with Crippen LogP contribution in [0.2, 0.25) is 0 Å². The second kappa shape index (κ2) is 12.5. The van der Waals surface area contributed by atoms with Gasteiger partial charge in [-0.05, 0) is 18.3 Å². The smallest absolute Gasteiger partial charge is 0.220 e. The molecule has 2 nitrogen and oxygen atoms in total. The second-order valence-corrected chi connectivity index (χ2v) is 6.61. The summed E-state index contributed by atoms with van der Waals surface area (Å²) in [7, 11) is 0. The van der Waals surface area contributed by atoms with Crippen LogP contribution in [-0.2, 0) is 4.79 Å². The van der Waals surface area contributed by atoms with Crippen LogP contribution in [-0.4, -0.2) is 12.5 Å². The van der Waals surface area contributed by atoms with Gasteiger partial charge in [0.05, 0.1) is 0 Å². The van der Waals surface area contributed by atoms with Gasteiger partial charge in [0.15, 0.2) is 0 Å². The molecule has 0 radical (unpaired) electrons. The van der Waals surface area contributed by atoms with Crippen molar-refractivity contribution < 1.29 is 4.79 Å². The first kappa shape index (κ1) is 18.5. The Kier molecular flexibility index (Phi) is 12.2. The number of carbonyl (C=O) groups excluding carboxylic acids is 1. The highest BCUT2D eigenvalue weighted by molar-refractivity contribution is 5.75. The van der Waals surface area contributed by atoms with Crippen molar-refractivity contribution in [1.29, 1.82) is 0 Å². The van der Waals surface area contributed by atoms with E-state index in [4.69, 9.17) is 0 Å². The third-order valence-corrected chi connectivity index (χ3v) is 3.37. The van der Waals surface area contributed by atoms with Crippen molar-refractivity contribution in [3.63, 3.8) is 0 Å². The molecule has 1 amide bonds. The fraction of sp³-hybridized carbons (Fsp3) is 0.941. The molecular formula is C17H35NO. The van der Waals surface area contributed by atoms with E-state index in [0.717, 1.165) is 18.9 Å². The minimum atomic E-state index is 0.212. The van der Waals surface area contributed by atoms with E-state index in [1.165, 1.54) is 44.9 Å². The molecule has 19 heavy (non-hydrogen) atoms. The fourth-order valence-electron chi connectivity index (χ4n) is 2.23. The van der Waals surface area contributed by atoms with E-state index in [1.807, 2.05) is 0 Å². The normalized spacial score (nSPS) is 11.3. The molecule has 2 heteroatoms. The molecule has 0 saturated heterocycles. The van der Waals surface area contributed by atoms with E-state index in [0.29, 0.717) is 12.3 Å². The molecular weight excluding hydrogens is 234 g/mol. The van der Waals surface area contributed by atoms with Crippen molar-refractivity contribution in [2.24, 2.45) is 11.8 Å². The van der Waals surface area contributed by atoms with E-state index >= 15 is 0 Å². The highest BCUT2D eigenvalue weighted by Gasteiger charge is 2.03. The van der Waals surface area contributed by atoms with Crippen LogP contribution in [0.4, 0.5) is 0 Å². The molecule has 0 aromatic heterocycles. The largest absolute Gasteiger partial charge is 0.356 e. The number of hydrogen-bond donors (Lipinski definition) is 1. The number of hydrogen-bond acceptors (Lipinski definition) is 1. The molecule has 0 rings (SSSR count). The Labute approximate surface area is 120 Å². The second-order valence-electron chi connectivity index (χ2n) is 6.61. The Hall–Kier alpha value is -0.530. The van der Waals surface area contributed by atoms with Gasteiger partial charge in [0.1, 0.15) is 0 Å². The van der Waals surface area contributed by atoms with Crippen molar-refractivity contribution in [2.45, 2.75) is 85.5 Å². The first-order chi connectivity index (χ1) is 9.02. The number of nitrogens with one attached hydrogen (secondary N) is 1. The van der Waals surface area contributed by atoms with Crippen molar-refractivity contribution in [2.75, 3.05) is 6.54 Å². The summed E-state index contributed by atoms with van der Waals surface area (Å²) in [6, 6.07) is 0. The van der Waals surface area contributed by atoms with E-state index in [2.05, 4.69) is 33.0 Å². The molecule has 0 aliphatic rings. The van der Waals surface area contributed by atoms with Gasteiger partial charge in [-0.25, -0.2) is 0 Å². The number of unbranched alkanes of at least 4 members (excludes halogenated alkanes) is 6. The fourth-order valence-corrected chi connectivity index (χ4v) is 2.23. The van der Waals surface area contributed by atoms with E-state index in [-0.39, 0.29) is 5.91 Å². The van der Waals surface area contributed by atoms with E-state index in [1.54, 1.807) is 0 Å². The molecule has 0 saturated carbocycles. The van der Waals surface area contributed by atoms with Crippen LogP contribution in [0.3, 0.4) is 0 Å². The molecule has 0 fully saturated rings. The first-order valence-corrected chi connectivity index (χ1v) is 8.29. The van der Waals surface area contributed by atoms with E-state index < -0.39 is 0 Å². The van der Waals surface area contributed by atoms with Gasteiger partial charge in [-0.1, -0.05) is 72.6 Å². The van der Waals surface area contributed by atoms with E-state index in [9.17, 15) is 4.79 Å². The number of carbonyl (C=O) groups is 1. The average molecular weight is 269 g/mol. The summed E-state index contributed by atoms with van der Waals surface area (Å²) >= 11 is 0. The van der Waals surface area contributed by atoms with Crippen molar-refractivity contribution >= 4 is 5.91 Å². The van der Waals surface area contributed by atoms with Gasteiger partial charge >= 0.3 is 0 Å². The summed E-state index contributed by atoms with van der Waals surface area (Å²) in [6.45, 7) is 9.62. The topological polar surface area (TPSA) is 29.1 Å². The number of amides is 1.